The molecule has 0 aromatic heterocycles. The van der Waals surface area contributed by atoms with Crippen molar-refractivity contribution in [2.75, 3.05) is 12.3 Å². The van der Waals surface area contributed by atoms with Crippen LogP contribution in [0.3, 0.4) is 0 Å². The molecule has 106 valence electrons. The van der Waals surface area contributed by atoms with E-state index in [1.165, 1.54) is 4.90 Å². The molecule has 0 heterocycles. The summed E-state index contributed by atoms with van der Waals surface area (Å²) in [7, 11) is 0. The van der Waals surface area contributed by atoms with E-state index in [1.54, 1.807) is 24.3 Å². The number of carbonyl (C=O) groups is 1. The van der Waals surface area contributed by atoms with Crippen molar-refractivity contribution in [3.63, 3.8) is 0 Å². The average molecular weight is 291 g/mol. The zero-order valence-corrected chi connectivity index (χ0v) is 11.2. The Balaban J connectivity index is 0.00000180. The topological polar surface area (TPSA) is 46.3 Å². The molecule has 0 unspecified atom stereocenters. The maximum absolute atomic E-state index is 12.4. The van der Waals surface area contributed by atoms with Crippen LogP contribution in [0.1, 0.15) is 18.4 Å². The van der Waals surface area contributed by atoms with E-state index in [0.717, 1.165) is 18.4 Å². The monoisotopic (exact) mass is 290 g/mol. The standard InChI is InChI=1S/C13H16F2N2O.ClH/c14-12(15)8-17(11-5-6-11)13(18)7-9-1-3-10(16)4-2-9;/h1-4,11-12H,5-8,16H2;1H. The number of alkyl halides is 2. The van der Waals surface area contributed by atoms with Gasteiger partial charge >= 0.3 is 0 Å². The van der Waals surface area contributed by atoms with Crippen LogP contribution in [0, 0.1) is 0 Å². The molecule has 1 aliphatic carbocycles. The second-order valence-corrected chi connectivity index (χ2v) is 4.59. The molecular formula is C13H17ClF2N2O. The molecule has 0 saturated heterocycles. The Labute approximate surface area is 117 Å². The fraction of sp³-hybridized carbons (Fsp3) is 0.462. The molecule has 0 bridgehead atoms. The number of nitrogens with two attached hydrogens (primary N) is 1. The SMILES string of the molecule is Cl.Nc1ccc(CC(=O)N(CC(F)F)C2CC2)cc1. The van der Waals surface area contributed by atoms with Crippen molar-refractivity contribution in [1.29, 1.82) is 0 Å². The number of halogens is 3. The highest BCUT2D eigenvalue weighted by Gasteiger charge is 2.33. The molecule has 0 spiro atoms. The maximum Gasteiger partial charge on any atom is 0.255 e. The number of carbonyl (C=O) groups excluding carboxylic acids is 1. The first kappa shape index (κ1) is 15.7. The van der Waals surface area contributed by atoms with Crippen LogP contribution in [-0.2, 0) is 11.2 Å². The van der Waals surface area contributed by atoms with Gasteiger partial charge in [0.15, 0.2) is 0 Å². The molecule has 1 aromatic rings. The number of nitrogen functional groups attached to an aromatic ring is 1. The van der Waals surface area contributed by atoms with E-state index in [-0.39, 0.29) is 30.8 Å². The third kappa shape index (κ3) is 4.67. The Morgan fingerprint density at radius 3 is 2.37 bits per heavy atom. The molecule has 2 N–H and O–H groups in total. The molecule has 0 aliphatic heterocycles. The van der Waals surface area contributed by atoms with Gasteiger partial charge in [-0.1, -0.05) is 12.1 Å². The van der Waals surface area contributed by atoms with Crippen LogP contribution < -0.4 is 5.73 Å². The fourth-order valence-corrected chi connectivity index (χ4v) is 1.90. The molecule has 2 rings (SSSR count). The summed E-state index contributed by atoms with van der Waals surface area (Å²) in [5.41, 5.74) is 6.97. The number of hydrogen-bond donors (Lipinski definition) is 1. The normalized spacial score (nSPS) is 14.1. The van der Waals surface area contributed by atoms with Gasteiger partial charge < -0.3 is 10.6 Å². The van der Waals surface area contributed by atoms with Gasteiger partial charge in [0.05, 0.1) is 13.0 Å². The fourth-order valence-electron chi connectivity index (χ4n) is 1.90. The highest BCUT2D eigenvalue weighted by molar-refractivity contribution is 5.85. The van der Waals surface area contributed by atoms with Crippen molar-refractivity contribution >= 4 is 24.0 Å². The predicted octanol–water partition coefficient (Wildman–Crippen LogP) is 2.49. The summed E-state index contributed by atoms with van der Waals surface area (Å²) in [6.45, 7) is -0.460. The summed E-state index contributed by atoms with van der Waals surface area (Å²) in [6.07, 6.45) is -0.648. The van der Waals surface area contributed by atoms with Crippen molar-refractivity contribution in [3.05, 3.63) is 29.8 Å². The Morgan fingerprint density at radius 2 is 1.89 bits per heavy atom. The van der Waals surface area contributed by atoms with Crippen LogP contribution in [0.25, 0.3) is 0 Å². The van der Waals surface area contributed by atoms with E-state index in [2.05, 4.69) is 0 Å². The molecule has 1 amide bonds. The first-order valence-electron chi connectivity index (χ1n) is 5.98. The van der Waals surface area contributed by atoms with Crippen molar-refractivity contribution < 1.29 is 13.6 Å². The number of amides is 1. The summed E-state index contributed by atoms with van der Waals surface area (Å²) in [6, 6.07) is 6.93. The van der Waals surface area contributed by atoms with Crippen LogP contribution in [0.5, 0.6) is 0 Å². The predicted molar refractivity (Wildman–Crippen MR) is 72.5 cm³/mol. The largest absolute Gasteiger partial charge is 0.399 e. The summed E-state index contributed by atoms with van der Waals surface area (Å²) >= 11 is 0. The number of nitrogens with zero attached hydrogens (tertiary/aromatic N) is 1. The summed E-state index contributed by atoms with van der Waals surface area (Å²) < 4.78 is 24.8. The van der Waals surface area contributed by atoms with Crippen LogP contribution in [0.4, 0.5) is 14.5 Å². The number of anilines is 1. The Morgan fingerprint density at radius 1 is 1.32 bits per heavy atom. The van der Waals surface area contributed by atoms with Gasteiger partial charge in [-0.3, -0.25) is 4.79 Å². The lowest BCUT2D eigenvalue weighted by atomic mass is 10.1. The lowest BCUT2D eigenvalue weighted by Gasteiger charge is -2.22. The Kier molecular flexibility index (Phi) is 5.54. The van der Waals surface area contributed by atoms with E-state index in [4.69, 9.17) is 5.73 Å². The molecule has 0 atom stereocenters. The van der Waals surface area contributed by atoms with Gasteiger partial charge in [0.1, 0.15) is 0 Å². The average Bonchev–Trinajstić information content (AvgIpc) is 3.12. The van der Waals surface area contributed by atoms with Crippen molar-refractivity contribution in [1.82, 2.24) is 4.90 Å². The van der Waals surface area contributed by atoms with Crippen LogP contribution in [0.2, 0.25) is 0 Å². The molecular weight excluding hydrogens is 274 g/mol. The van der Waals surface area contributed by atoms with Crippen molar-refractivity contribution in [2.24, 2.45) is 0 Å². The molecule has 1 saturated carbocycles. The minimum absolute atomic E-state index is 0. The highest BCUT2D eigenvalue weighted by atomic mass is 35.5. The summed E-state index contributed by atoms with van der Waals surface area (Å²) in [5, 5.41) is 0. The van der Waals surface area contributed by atoms with Gasteiger partial charge in [0, 0.05) is 11.7 Å². The van der Waals surface area contributed by atoms with Gasteiger partial charge in [-0.15, -0.1) is 12.4 Å². The van der Waals surface area contributed by atoms with Gasteiger partial charge in [-0.25, -0.2) is 8.78 Å². The molecule has 1 aromatic carbocycles. The smallest absolute Gasteiger partial charge is 0.255 e. The summed E-state index contributed by atoms with van der Waals surface area (Å²) in [4.78, 5) is 13.3. The number of benzene rings is 1. The Bertz CT molecular complexity index is 421. The maximum atomic E-state index is 12.4. The van der Waals surface area contributed by atoms with Gasteiger partial charge in [0.25, 0.3) is 6.43 Å². The molecule has 6 heteroatoms. The van der Waals surface area contributed by atoms with Crippen LogP contribution in [-0.4, -0.2) is 29.8 Å². The number of hydrogen-bond acceptors (Lipinski definition) is 2. The third-order valence-electron chi connectivity index (χ3n) is 2.98. The molecule has 19 heavy (non-hydrogen) atoms. The minimum atomic E-state index is -2.47. The van der Waals surface area contributed by atoms with Crippen LogP contribution >= 0.6 is 12.4 Å². The summed E-state index contributed by atoms with van der Waals surface area (Å²) in [5.74, 6) is -0.234. The van der Waals surface area contributed by atoms with Crippen LogP contribution in [0.15, 0.2) is 24.3 Å². The highest BCUT2D eigenvalue weighted by Crippen LogP contribution is 2.28. The van der Waals surface area contributed by atoms with E-state index in [0.29, 0.717) is 5.69 Å². The van der Waals surface area contributed by atoms with Gasteiger partial charge in [-0.05, 0) is 30.5 Å². The number of rotatable bonds is 5. The van der Waals surface area contributed by atoms with E-state index < -0.39 is 13.0 Å². The molecule has 0 radical (unpaired) electrons. The lowest BCUT2D eigenvalue weighted by Crippen LogP contribution is -2.37. The van der Waals surface area contributed by atoms with Gasteiger partial charge in [-0.2, -0.15) is 0 Å². The second-order valence-electron chi connectivity index (χ2n) is 4.59. The van der Waals surface area contributed by atoms with E-state index in [1.807, 2.05) is 0 Å². The zero-order chi connectivity index (χ0) is 13.1. The van der Waals surface area contributed by atoms with E-state index >= 15 is 0 Å². The lowest BCUT2D eigenvalue weighted by molar-refractivity contribution is -0.133. The van der Waals surface area contributed by atoms with Gasteiger partial charge in [0.2, 0.25) is 5.91 Å². The van der Waals surface area contributed by atoms with Crippen molar-refractivity contribution in [2.45, 2.75) is 31.7 Å². The molecule has 3 nitrogen and oxygen atoms in total. The first-order chi connectivity index (χ1) is 8.56. The molecule has 1 fully saturated rings. The zero-order valence-electron chi connectivity index (χ0n) is 10.4. The quantitative estimate of drug-likeness (QED) is 0.847. The minimum Gasteiger partial charge on any atom is -0.399 e. The molecule has 1 aliphatic rings. The van der Waals surface area contributed by atoms with E-state index in [9.17, 15) is 13.6 Å². The Hall–Kier alpha value is -1.36. The van der Waals surface area contributed by atoms with Crippen molar-refractivity contribution in [3.8, 4) is 0 Å². The second kappa shape index (κ2) is 6.70. The first-order valence-corrected chi connectivity index (χ1v) is 5.98. The third-order valence-corrected chi connectivity index (χ3v) is 2.98.